The summed E-state index contributed by atoms with van der Waals surface area (Å²) in [5, 5.41) is 0. The number of nitrogens with zero attached hydrogens (tertiary/aromatic N) is 2. The molecule has 0 radical (unpaired) electrons. The zero-order valence-corrected chi connectivity index (χ0v) is 13.1. The number of carbonyl (C=O) groups is 1. The second kappa shape index (κ2) is 10.4. The maximum absolute atomic E-state index is 11.7. The normalized spacial score (nSPS) is 14.6. The van der Waals surface area contributed by atoms with Crippen LogP contribution in [0.15, 0.2) is 0 Å². The maximum Gasteiger partial charge on any atom is 0.320 e. The molecule has 0 atom stereocenters. The Morgan fingerprint density at radius 2 is 1.47 bits per heavy atom. The summed E-state index contributed by atoms with van der Waals surface area (Å²) in [5.41, 5.74) is 0. The summed E-state index contributed by atoms with van der Waals surface area (Å²) < 4.78 is 0. The monoisotopic (exact) mass is 244 g/mol. The minimum absolute atomic E-state index is 0.212. The van der Waals surface area contributed by atoms with Crippen LogP contribution in [-0.2, 0) is 0 Å². The van der Waals surface area contributed by atoms with Crippen molar-refractivity contribution in [2.24, 2.45) is 5.92 Å². The van der Waals surface area contributed by atoms with E-state index in [9.17, 15) is 4.79 Å². The number of rotatable bonds is 3. The molecular formula is C14H32N2O. The Bertz CT molecular complexity index is 191. The highest BCUT2D eigenvalue weighted by Crippen LogP contribution is 2.13. The third-order valence-electron chi connectivity index (χ3n) is 2.34. The molecule has 1 saturated heterocycles. The summed E-state index contributed by atoms with van der Waals surface area (Å²) in [7, 11) is 0. The van der Waals surface area contributed by atoms with Crippen LogP contribution >= 0.6 is 0 Å². The molecule has 3 heteroatoms. The molecule has 3 nitrogen and oxygen atoms in total. The van der Waals surface area contributed by atoms with Gasteiger partial charge in [-0.1, -0.05) is 41.5 Å². The van der Waals surface area contributed by atoms with Crippen molar-refractivity contribution in [3.63, 3.8) is 0 Å². The molecule has 0 aromatic rings. The standard InChI is InChI=1S/C10H20N2O.2C2H6/c1-8(2)7-11-5-6-12(9(3)4)10(11)13;2*1-2/h8-9H,5-7H2,1-4H3;2*1-2H3. The summed E-state index contributed by atoms with van der Waals surface area (Å²) >= 11 is 0. The van der Waals surface area contributed by atoms with Crippen molar-refractivity contribution in [3.8, 4) is 0 Å². The molecule has 0 bridgehead atoms. The molecule has 0 unspecified atom stereocenters. The highest BCUT2D eigenvalue weighted by molar-refractivity contribution is 5.76. The summed E-state index contributed by atoms with van der Waals surface area (Å²) in [6.07, 6.45) is 0. The van der Waals surface area contributed by atoms with E-state index in [4.69, 9.17) is 0 Å². The molecule has 1 fully saturated rings. The first-order valence-corrected chi connectivity index (χ1v) is 7.08. The summed E-state index contributed by atoms with van der Waals surface area (Å²) in [4.78, 5) is 15.6. The van der Waals surface area contributed by atoms with Crippen LogP contribution in [-0.4, -0.2) is 41.5 Å². The van der Waals surface area contributed by atoms with Gasteiger partial charge in [-0.05, 0) is 19.8 Å². The van der Waals surface area contributed by atoms with Gasteiger partial charge in [-0.2, -0.15) is 0 Å². The first-order chi connectivity index (χ1) is 8.02. The van der Waals surface area contributed by atoms with Gasteiger partial charge in [0.2, 0.25) is 0 Å². The first kappa shape index (κ1) is 18.6. The van der Waals surface area contributed by atoms with Crippen LogP contribution in [0.1, 0.15) is 55.4 Å². The molecule has 2 amide bonds. The number of carbonyl (C=O) groups excluding carboxylic acids is 1. The van der Waals surface area contributed by atoms with Crippen LogP contribution < -0.4 is 0 Å². The Morgan fingerprint density at radius 1 is 1.00 bits per heavy atom. The molecule has 0 N–H and O–H groups in total. The Morgan fingerprint density at radius 3 is 1.76 bits per heavy atom. The van der Waals surface area contributed by atoms with Gasteiger partial charge in [0.1, 0.15) is 0 Å². The molecule has 1 heterocycles. The molecule has 0 spiro atoms. The van der Waals surface area contributed by atoms with E-state index in [1.54, 1.807) is 0 Å². The molecule has 0 aromatic carbocycles. The van der Waals surface area contributed by atoms with E-state index in [-0.39, 0.29) is 6.03 Å². The lowest BCUT2D eigenvalue weighted by molar-refractivity contribution is 0.179. The van der Waals surface area contributed by atoms with E-state index in [0.29, 0.717) is 12.0 Å². The predicted octanol–water partition coefficient (Wildman–Crippen LogP) is 3.84. The smallest absolute Gasteiger partial charge is 0.320 e. The third kappa shape index (κ3) is 6.54. The average Bonchev–Trinajstić information content (AvgIpc) is 2.65. The van der Waals surface area contributed by atoms with Crippen molar-refractivity contribution in [1.82, 2.24) is 9.80 Å². The van der Waals surface area contributed by atoms with E-state index in [1.165, 1.54) is 0 Å². The molecule has 17 heavy (non-hydrogen) atoms. The van der Waals surface area contributed by atoms with Crippen molar-refractivity contribution in [1.29, 1.82) is 0 Å². The highest BCUT2D eigenvalue weighted by atomic mass is 16.2. The number of hydrogen-bond acceptors (Lipinski definition) is 1. The molecule has 104 valence electrons. The van der Waals surface area contributed by atoms with Crippen LogP contribution in [0.4, 0.5) is 4.79 Å². The quantitative estimate of drug-likeness (QED) is 0.740. The fourth-order valence-corrected chi connectivity index (χ4v) is 1.69. The Labute approximate surface area is 108 Å². The van der Waals surface area contributed by atoms with Gasteiger partial charge >= 0.3 is 6.03 Å². The number of amides is 2. The van der Waals surface area contributed by atoms with E-state index >= 15 is 0 Å². The van der Waals surface area contributed by atoms with Crippen LogP contribution in [0.5, 0.6) is 0 Å². The topological polar surface area (TPSA) is 23.6 Å². The Balaban J connectivity index is 0. The lowest BCUT2D eigenvalue weighted by Crippen LogP contribution is -2.37. The van der Waals surface area contributed by atoms with Gasteiger partial charge in [0.05, 0.1) is 0 Å². The lowest BCUT2D eigenvalue weighted by Gasteiger charge is -2.22. The summed E-state index contributed by atoms with van der Waals surface area (Å²) in [6, 6.07) is 0.549. The van der Waals surface area contributed by atoms with E-state index in [1.807, 2.05) is 37.5 Å². The van der Waals surface area contributed by atoms with E-state index in [2.05, 4.69) is 27.7 Å². The first-order valence-electron chi connectivity index (χ1n) is 7.08. The minimum atomic E-state index is 0.212. The van der Waals surface area contributed by atoms with Crippen molar-refractivity contribution >= 4 is 6.03 Å². The van der Waals surface area contributed by atoms with Gasteiger partial charge in [-0.15, -0.1) is 0 Å². The Hall–Kier alpha value is -0.730. The summed E-state index contributed by atoms with van der Waals surface area (Å²) in [6.45, 7) is 19.1. The van der Waals surface area contributed by atoms with Gasteiger partial charge in [0.15, 0.2) is 0 Å². The number of urea groups is 1. The van der Waals surface area contributed by atoms with Crippen LogP contribution in [0.3, 0.4) is 0 Å². The van der Waals surface area contributed by atoms with Crippen LogP contribution in [0, 0.1) is 5.92 Å². The second-order valence-corrected chi connectivity index (χ2v) is 4.41. The van der Waals surface area contributed by atoms with Gasteiger partial charge in [0, 0.05) is 25.7 Å². The lowest BCUT2D eigenvalue weighted by atomic mass is 10.2. The van der Waals surface area contributed by atoms with Crippen molar-refractivity contribution in [3.05, 3.63) is 0 Å². The fourth-order valence-electron chi connectivity index (χ4n) is 1.69. The molecule has 0 aliphatic carbocycles. The molecule has 1 aliphatic rings. The van der Waals surface area contributed by atoms with Crippen molar-refractivity contribution < 1.29 is 4.79 Å². The SMILES string of the molecule is CC.CC.CC(C)CN1CCN(C(C)C)C1=O. The minimum Gasteiger partial charge on any atom is -0.323 e. The molecule has 0 saturated carbocycles. The van der Waals surface area contributed by atoms with Gasteiger partial charge in [-0.25, -0.2) is 4.79 Å². The zero-order chi connectivity index (χ0) is 14.0. The zero-order valence-electron chi connectivity index (χ0n) is 13.1. The maximum atomic E-state index is 11.7. The fraction of sp³-hybridized carbons (Fsp3) is 0.929. The van der Waals surface area contributed by atoms with E-state index in [0.717, 1.165) is 19.6 Å². The highest BCUT2D eigenvalue weighted by Gasteiger charge is 2.29. The Kier molecular flexibility index (Phi) is 11.4. The molecule has 0 aromatic heterocycles. The predicted molar refractivity (Wildman–Crippen MR) is 76.3 cm³/mol. The number of hydrogen-bond donors (Lipinski definition) is 0. The second-order valence-electron chi connectivity index (χ2n) is 4.41. The average molecular weight is 244 g/mol. The van der Waals surface area contributed by atoms with Gasteiger partial charge in [0.25, 0.3) is 0 Å². The molecule has 1 rings (SSSR count). The van der Waals surface area contributed by atoms with Gasteiger partial charge in [-0.3, -0.25) is 0 Å². The van der Waals surface area contributed by atoms with E-state index < -0.39 is 0 Å². The summed E-state index contributed by atoms with van der Waals surface area (Å²) in [5.74, 6) is 0.566. The van der Waals surface area contributed by atoms with Crippen LogP contribution in [0.25, 0.3) is 0 Å². The van der Waals surface area contributed by atoms with Crippen molar-refractivity contribution in [2.75, 3.05) is 19.6 Å². The van der Waals surface area contributed by atoms with Gasteiger partial charge < -0.3 is 9.80 Å². The third-order valence-corrected chi connectivity index (χ3v) is 2.34. The largest absolute Gasteiger partial charge is 0.323 e. The molecular weight excluding hydrogens is 212 g/mol. The van der Waals surface area contributed by atoms with Crippen molar-refractivity contribution in [2.45, 2.75) is 61.4 Å². The molecule has 1 aliphatic heterocycles. The van der Waals surface area contributed by atoms with Crippen LogP contribution in [0.2, 0.25) is 0 Å².